The first-order valence-electron chi connectivity index (χ1n) is 4.30. The normalized spacial score (nSPS) is 15.7. The molecule has 0 N–H and O–H groups in total. The van der Waals surface area contributed by atoms with E-state index in [1.165, 1.54) is 10.8 Å². The first kappa shape index (κ1) is 9.30. The summed E-state index contributed by atoms with van der Waals surface area (Å²) in [6.45, 7) is 0. The van der Waals surface area contributed by atoms with Crippen molar-refractivity contribution in [1.29, 1.82) is 0 Å². The molecule has 1 aromatic heterocycles. The summed E-state index contributed by atoms with van der Waals surface area (Å²) in [6.07, 6.45) is 0.316. The minimum Gasteiger partial charge on any atom is -0.271 e. The smallest absolute Gasteiger partial charge is 0.271 e. The highest BCUT2D eigenvalue weighted by Crippen LogP contribution is 2.34. The van der Waals surface area contributed by atoms with Crippen LogP contribution in [0.15, 0.2) is 6.08 Å². The Morgan fingerprint density at radius 3 is 2.79 bits per heavy atom. The van der Waals surface area contributed by atoms with Gasteiger partial charge in [0.25, 0.3) is 0 Å². The van der Waals surface area contributed by atoms with Crippen LogP contribution in [-0.2, 0) is 19.6 Å². The molecule has 0 unspecified atom stereocenters. The minimum atomic E-state index is -4.35. The van der Waals surface area contributed by atoms with Crippen LogP contribution in [0, 0.1) is 0 Å². The maximum atomic E-state index is 12.5. The predicted molar refractivity (Wildman–Crippen MR) is 45.6 cm³/mol. The molecular formula is C9H9F3N2. The zero-order valence-corrected chi connectivity index (χ0v) is 7.60. The van der Waals surface area contributed by atoms with Crippen LogP contribution in [0.5, 0.6) is 0 Å². The molecule has 0 bridgehead atoms. The van der Waals surface area contributed by atoms with Crippen molar-refractivity contribution in [3.05, 3.63) is 23.0 Å². The molecule has 0 aliphatic heterocycles. The molecule has 0 spiro atoms. The zero-order chi connectivity index (χ0) is 10.3. The molecule has 5 heteroatoms. The highest BCUT2D eigenvalue weighted by molar-refractivity contribution is 5.57. The van der Waals surface area contributed by atoms with Crippen LogP contribution < -0.4 is 0 Å². The molecule has 0 saturated heterocycles. The van der Waals surface area contributed by atoms with Gasteiger partial charge in [-0.3, -0.25) is 4.68 Å². The average molecular weight is 202 g/mol. The van der Waals surface area contributed by atoms with E-state index < -0.39 is 11.9 Å². The van der Waals surface area contributed by atoms with Gasteiger partial charge in [-0.15, -0.1) is 0 Å². The number of hydrogen-bond acceptors (Lipinski definition) is 1. The number of aryl methyl sites for hydroxylation is 1. The van der Waals surface area contributed by atoms with Gasteiger partial charge >= 0.3 is 6.18 Å². The third-order valence-corrected chi connectivity index (χ3v) is 2.31. The molecular weight excluding hydrogens is 193 g/mol. The second kappa shape index (κ2) is 2.87. The number of rotatable bonds is 0. The van der Waals surface area contributed by atoms with Gasteiger partial charge < -0.3 is 0 Å². The van der Waals surface area contributed by atoms with E-state index in [0.29, 0.717) is 12.1 Å². The third kappa shape index (κ3) is 1.32. The number of allylic oxidation sites excluding steroid dienone is 1. The van der Waals surface area contributed by atoms with Crippen molar-refractivity contribution < 1.29 is 13.2 Å². The molecule has 0 radical (unpaired) electrons. The Morgan fingerprint density at radius 1 is 1.43 bits per heavy atom. The lowest BCUT2D eigenvalue weighted by atomic mass is 10.0. The Bertz CT molecular complexity index is 387. The highest BCUT2D eigenvalue weighted by Gasteiger charge is 2.38. The van der Waals surface area contributed by atoms with Gasteiger partial charge in [-0.2, -0.15) is 18.3 Å². The maximum Gasteiger partial charge on any atom is 0.435 e. The van der Waals surface area contributed by atoms with Gasteiger partial charge in [0.2, 0.25) is 0 Å². The van der Waals surface area contributed by atoms with E-state index in [1.807, 2.05) is 0 Å². The number of alkyl halides is 3. The fraction of sp³-hybridized carbons (Fsp3) is 0.444. The first-order valence-corrected chi connectivity index (χ1v) is 4.30. The zero-order valence-electron chi connectivity index (χ0n) is 7.60. The summed E-state index contributed by atoms with van der Waals surface area (Å²) >= 11 is 0. The lowest BCUT2D eigenvalue weighted by molar-refractivity contribution is -0.141. The quantitative estimate of drug-likeness (QED) is 0.631. The summed E-state index contributed by atoms with van der Waals surface area (Å²) in [6, 6.07) is 0. The molecule has 0 aromatic carbocycles. The molecule has 1 heterocycles. The summed E-state index contributed by atoms with van der Waals surface area (Å²) in [4.78, 5) is 0. The summed E-state index contributed by atoms with van der Waals surface area (Å²) in [5.41, 5.74) is 0.122. The molecule has 14 heavy (non-hydrogen) atoms. The van der Waals surface area contributed by atoms with Crippen LogP contribution in [0.3, 0.4) is 0 Å². The Labute approximate surface area is 79.0 Å². The molecule has 1 aliphatic carbocycles. The van der Waals surface area contributed by atoms with Crippen LogP contribution in [0.4, 0.5) is 13.2 Å². The van der Waals surface area contributed by atoms with Crippen molar-refractivity contribution >= 4 is 6.08 Å². The van der Waals surface area contributed by atoms with Crippen LogP contribution in [0.1, 0.15) is 23.4 Å². The average Bonchev–Trinajstić information content (AvgIpc) is 2.44. The van der Waals surface area contributed by atoms with Crippen molar-refractivity contribution in [2.45, 2.75) is 19.0 Å². The van der Waals surface area contributed by atoms with E-state index in [4.69, 9.17) is 0 Å². The molecule has 0 atom stereocenters. The second-order valence-corrected chi connectivity index (χ2v) is 3.27. The van der Waals surface area contributed by atoms with E-state index >= 15 is 0 Å². The number of fused-ring (bicyclic) bond motifs is 1. The van der Waals surface area contributed by atoms with Gasteiger partial charge in [0.1, 0.15) is 0 Å². The lowest BCUT2D eigenvalue weighted by Gasteiger charge is -2.07. The van der Waals surface area contributed by atoms with Gasteiger partial charge in [-0.25, -0.2) is 0 Å². The molecule has 0 saturated carbocycles. The van der Waals surface area contributed by atoms with Crippen molar-refractivity contribution in [3.63, 3.8) is 0 Å². The second-order valence-electron chi connectivity index (χ2n) is 3.27. The first-order chi connectivity index (χ1) is 6.50. The SMILES string of the molecule is Cn1nc(C(F)(F)F)c2c1CCC=C2. The molecule has 76 valence electrons. The molecule has 1 aromatic rings. The number of aromatic nitrogens is 2. The van der Waals surface area contributed by atoms with E-state index in [9.17, 15) is 13.2 Å². The summed E-state index contributed by atoms with van der Waals surface area (Å²) in [5, 5.41) is 3.50. The van der Waals surface area contributed by atoms with Crippen molar-refractivity contribution in [1.82, 2.24) is 9.78 Å². The Balaban J connectivity index is 2.60. The molecule has 0 fully saturated rings. The van der Waals surface area contributed by atoms with E-state index in [2.05, 4.69) is 5.10 Å². The van der Waals surface area contributed by atoms with Gasteiger partial charge in [-0.1, -0.05) is 12.2 Å². The Morgan fingerprint density at radius 2 is 2.14 bits per heavy atom. The fourth-order valence-electron chi connectivity index (χ4n) is 1.68. The standard InChI is InChI=1S/C9H9F3N2/c1-14-7-5-3-2-4-6(7)8(13-14)9(10,11)12/h2,4H,3,5H2,1H3. The van der Waals surface area contributed by atoms with Crippen molar-refractivity contribution in [2.75, 3.05) is 0 Å². The Kier molecular flexibility index (Phi) is 1.90. The van der Waals surface area contributed by atoms with Gasteiger partial charge in [0.05, 0.1) is 0 Å². The van der Waals surface area contributed by atoms with E-state index in [0.717, 1.165) is 6.42 Å². The number of hydrogen-bond donors (Lipinski definition) is 0. The van der Waals surface area contributed by atoms with Gasteiger partial charge in [0.15, 0.2) is 5.69 Å². The van der Waals surface area contributed by atoms with Gasteiger partial charge in [0, 0.05) is 18.3 Å². The monoisotopic (exact) mass is 202 g/mol. The molecule has 2 rings (SSSR count). The van der Waals surface area contributed by atoms with E-state index in [-0.39, 0.29) is 5.56 Å². The Hall–Kier alpha value is -1.26. The number of nitrogens with zero attached hydrogens (tertiary/aromatic N) is 2. The summed E-state index contributed by atoms with van der Waals surface area (Å²) in [5.74, 6) is 0. The predicted octanol–water partition coefficient (Wildman–Crippen LogP) is 2.40. The highest BCUT2D eigenvalue weighted by atomic mass is 19.4. The minimum absolute atomic E-state index is 0.228. The summed E-state index contributed by atoms with van der Waals surface area (Å²) < 4.78 is 38.8. The van der Waals surface area contributed by atoms with Crippen molar-refractivity contribution in [3.8, 4) is 0 Å². The largest absolute Gasteiger partial charge is 0.435 e. The third-order valence-electron chi connectivity index (χ3n) is 2.31. The molecule has 0 amide bonds. The topological polar surface area (TPSA) is 17.8 Å². The van der Waals surface area contributed by atoms with E-state index in [1.54, 1.807) is 13.1 Å². The van der Waals surface area contributed by atoms with Crippen LogP contribution in [0.25, 0.3) is 6.08 Å². The van der Waals surface area contributed by atoms with Crippen LogP contribution in [-0.4, -0.2) is 9.78 Å². The van der Waals surface area contributed by atoms with Crippen molar-refractivity contribution in [2.24, 2.45) is 7.05 Å². The van der Waals surface area contributed by atoms with Crippen LogP contribution in [0.2, 0.25) is 0 Å². The number of halogens is 3. The lowest BCUT2D eigenvalue weighted by Crippen LogP contribution is -2.08. The fourth-order valence-corrected chi connectivity index (χ4v) is 1.68. The molecule has 2 nitrogen and oxygen atoms in total. The van der Waals surface area contributed by atoms with Gasteiger partial charge in [-0.05, 0) is 12.8 Å². The van der Waals surface area contributed by atoms with Crippen LogP contribution >= 0.6 is 0 Å². The summed E-state index contributed by atoms with van der Waals surface area (Å²) in [7, 11) is 1.55. The maximum absolute atomic E-state index is 12.5. The molecule has 1 aliphatic rings.